The van der Waals surface area contributed by atoms with E-state index >= 15 is 0 Å². The third-order valence-corrected chi connectivity index (χ3v) is 2.44. The van der Waals surface area contributed by atoms with Gasteiger partial charge in [0, 0.05) is 6.54 Å². The number of hydrogen-bond donors (Lipinski definition) is 1. The summed E-state index contributed by atoms with van der Waals surface area (Å²) in [5.74, 6) is 1.32. The molecule has 0 spiro atoms. The minimum atomic E-state index is 0.552. The Bertz CT molecular complexity index is 476. The molecule has 15 heavy (non-hydrogen) atoms. The van der Waals surface area contributed by atoms with Gasteiger partial charge in [-0.2, -0.15) is 0 Å². The Labute approximate surface area is 88.7 Å². The van der Waals surface area contributed by atoms with E-state index in [0.717, 1.165) is 29.7 Å². The van der Waals surface area contributed by atoms with Gasteiger partial charge in [0.25, 0.3) is 0 Å². The van der Waals surface area contributed by atoms with E-state index < -0.39 is 0 Å². The molecule has 1 aromatic heterocycles. The second-order valence-corrected chi connectivity index (χ2v) is 3.45. The molecule has 0 aliphatic heterocycles. The molecule has 1 heterocycles. The highest BCUT2D eigenvalue weighted by molar-refractivity contribution is 5.84. The third kappa shape index (κ3) is 1.52. The van der Waals surface area contributed by atoms with Gasteiger partial charge in [-0.15, -0.1) is 0 Å². The van der Waals surface area contributed by atoms with Crippen LogP contribution in [-0.4, -0.2) is 16.7 Å². The van der Waals surface area contributed by atoms with E-state index in [2.05, 4.69) is 11.9 Å². The highest BCUT2D eigenvalue weighted by Crippen LogP contribution is 2.26. The SMILES string of the molecule is CCCn1c(N)nc2c(OC)cccc21. The van der Waals surface area contributed by atoms with Gasteiger partial charge in [-0.05, 0) is 18.6 Å². The molecule has 0 amide bonds. The molecule has 0 aliphatic rings. The maximum Gasteiger partial charge on any atom is 0.201 e. The van der Waals surface area contributed by atoms with E-state index in [-0.39, 0.29) is 0 Å². The van der Waals surface area contributed by atoms with Gasteiger partial charge < -0.3 is 15.0 Å². The number of benzene rings is 1. The maximum atomic E-state index is 5.86. The van der Waals surface area contributed by atoms with Crippen LogP contribution in [0.15, 0.2) is 18.2 Å². The van der Waals surface area contributed by atoms with Gasteiger partial charge in [0.1, 0.15) is 11.3 Å². The average molecular weight is 205 g/mol. The zero-order valence-corrected chi connectivity index (χ0v) is 9.03. The van der Waals surface area contributed by atoms with Gasteiger partial charge in [-0.25, -0.2) is 4.98 Å². The topological polar surface area (TPSA) is 53.1 Å². The Morgan fingerprint density at radius 1 is 1.47 bits per heavy atom. The summed E-state index contributed by atoms with van der Waals surface area (Å²) in [5, 5.41) is 0. The summed E-state index contributed by atoms with van der Waals surface area (Å²) in [7, 11) is 1.64. The number of hydrogen-bond acceptors (Lipinski definition) is 3. The normalized spacial score (nSPS) is 10.8. The molecule has 0 fully saturated rings. The largest absolute Gasteiger partial charge is 0.494 e. The average Bonchev–Trinajstić information content (AvgIpc) is 2.56. The lowest BCUT2D eigenvalue weighted by Gasteiger charge is -2.04. The smallest absolute Gasteiger partial charge is 0.201 e. The number of fused-ring (bicyclic) bond motifs is 1. The zero-order valence-electron chi connectivity index (χ0n) is 9.03. The minimum absolute atomic E-state index is 0.552. The molecule has 2 N–H and O–H groups in total. The van der Waals surface area contributed by atoms with Crippen molar-refractivity contribution in [3.05, 3.63) is 18.2 Å². The van der Waals surface area contributed by atoms with Crippen LogP contribution in [0.3, 0.4) is 0 Å². The van der Waals surface area contributed by atoms with Crippen molar-refractivity contribution < 1.29 is 4.74 Å². The quantitative estimate of drug-likeness (QED) is 0.834. The van der Waals surface area contributed by atoms with Crippen molar-refractivity contribution in [2.75, 3.05) is 12.8 Å². The molecular formula is C11H15N3O. The van der Waals surface area contributed by atoms with Crippen LogP contribution in [0.2, 0.25) is 0 Å². The lowest BCUT2D eigenvalue weighted by atomic mass is 10.3. The summed E-state index contributed by atoms with van der Waals surface area (Å²) in [5.41, 5.74) is 7.73. The fourth-order valence-corrected chi connectivity index (χ4v) is 1.76. The van der Waals surface area contributed by atoms with E-state index in [4.69, 9.17) is 10.5 Å². The molecule has 0 bridgehead atoms. The predicted molar refractivity (Wildman–Crippen MR) is 61.0 cm³/mol. The van der Waals surface area contributed by atoms with Crippen molar-refractivity contribution >= 4 is 17.0 Å². The van der Waals surface area contributed by atoms with Crippen molar-refractivity contribution in [1.29, 1.82) is 0 Å². The molecule has 4 heteroatoms. The van der Waals surface area contributed by atoms with Gasteiger partial charge in [-0.3, -0.25) is 0 Å². The highest BCUT2D eigenvalue weighted by Gasteiger charge is 2.10. The second-order valence-electron chi connectivity index (χ2n) is 3.45. The third-order valence-electron chi connectivity index (χ3n) is 2.44. The summed E-state index contributed by atoms with van der Waals surface area (Å²) in [6, 6.07) is 5.86. The van der Waals surface area contributed by atoms with Crippen molar-refractivity contribution in [2.45, 2.75) is 19.9 Å². The van der Waals surface area contributed by atoms with Crippen molar-refractivity contribution in [3.8, 4) is 5.75 Å². The molecule has 0 aliphatic carbocycles. The molecule has 2 rings (SSSR count). The first-order valence-electron chi connectivity index (χ1n) is 5.06. The molecule has 0 atom stereocenters. The molecule has 0 saturated heterocycles. The number of imidazole rings is 1. The Hall–Kier alpha value is -1.71. The fraction of sp³-hybridized carbons (Fsp3) is 0.364. The van der Waals surface area contributed by atoms with E-state index in [1.54, 1.807) is 7.11 Å². The molecular weight excluding hydrogens is 190 g/mol. The summed E-state index contributed by atoms with van der Waals surface area (Å²) in [6.07, 6.45) is 1.03. The molecule has 1 aromatic carbocycles. The van der Waals surface area contributed by atoms with Crippen LogP contribution in [0.5, 0.6) is 5.75 Å². The van der Waals surface area contributed by atoms with Crippen LogP contribution in [0, 0.1) is 0 Å². The molecule has 80 valence electrons. The van der Waals surface area contributed by atoms with E-state index in [9.17, 15) is 0 Å². The molecule has 0 radical (unpaired) electrons. The number of anilines is 1. The summed E-state index contributed by atoms with van der Waals surface area (Å²) in [6.45, 7) is 3.00. The molecule has 2 aromatic rings. The van der Waals surface area contributed by atoms with Gasteiger partial charge in [0.2, 0.25) is 5.95 Å². The van der Waals surface area contributed by atoms with Crippen LogP contribution in [0.4, 0.5) is 5.95 Å². The number of aromatic nitrogens is 2. The molecule has 4 nitrogen and oxygen atoms in total. The molecule has 0 saturated carbocycles. The Balaban J connectivity index is 2.67. The fourth-order valence-electron chi connectivity index (χ4n) is 1.76. The lowest BCUT2D eigenvalue weighted by molar-refractivity contribution is 0.419. The number of aryl methyl sites for hydroxylation is 1. The first-order valence-corrected chi connectivity index (χ1v) is 5.06. The Kier molecular flexibility index (Phi) is 2.49. The minimum Gasteiger partial charge on any atom is -0.494 e. The Morgan fingerprint density at radius 2 is 2.27 bits per heavy atom. The van der Waals surface area contributed by atoms with Crippen molar-refractivity contribution in [2.24, 2.45) is 0 Å². The van der Waals surface area contributed by atoms with Crippen LogP contribution in [-0.2, 0) is 6.54 Å². The number of nitrogens with two attached hydrogens (primary N) is 1. The van der Waals surface area contributed by atoms with Crippen LogP contribution >= 0.6 is 0 Å². The first-order chi connectivity index (χ1) is 7.27. The van der Waals surface area contributed by atoms with Crippen LogP contribution < -0.4 is 10.5 Å². The van der Waals surface area contributed by atoms with Gasteiger partial charge in [-0.1, -0.05) is 13.0 Å². The molecule has 0 unspecified atom stereocenters. The van der Waals surface area contributed by atoms with Gasteiger partial charge >= 0.3 is 0 Å². The standard InChI is InChI=1S/C11H15N3O/c1-3-7-14-8-5-4-6-9(15-2)10(8)13-11(14)12/h4-6H,3,7H2,1-2H3,(H2,12,13). The summed E-state index contributed by atoms with van der Waals surface area (Å²) >= 11 is 0. The first kappa shape index (κ1) is 9.83. The van der Waals surface area contributed by atoms with Crippen LogP contribution in [0.25, 0.3) is 11.0 Å². The lowest BCUT2D eigenvalue weighted by Crippen LogP contribution is -2.02. The summed E-state index contributed by atoms with van der Waals surface area (Å²) < 4.78 is 7.25. The zero-order chi connectivity index (χ0) is 10.8. The summed E-state index contributed by atoms with van der Waals surface area (Å²) in [4.78, 5) is 4.32. The number of nitrogen functional groups attached to an aromatic ring is 1. The van der Waals surface area contributed by atoms with E-state index in [1.165, 1.54) is 0 Å². The van der Waals surface area contributed by atoms with E-state index in [0.29, 0.717) is 5.95 Å². The van der Waals surface area contributed by atoms with Crippen molar-refractivity contribution in [3.63, 3.8) is 0 Å². The number of nitrogens with zero attached hydrogens (tertiary/aromatic N) is 2. The Morgan fingerprint density at radius 3 is 2.93 bits per heavy atom. The van der Waals surface area contributed by atoms with Crippen molar-refractivity contribution in [1.82, 2.24) is 9.55 Å². The number of para-hydroxylation sites is 1. The number of rotatable bonds is 3. The van der Waals surface area contributed by atoms with E-state index in [1.807, 2.05) is 22.8 Å². The predicted octanol–water partition coefficient (Wildman–Crippen LogP) is 2.04. The van der Waals surface area contributed by atoms with Gasteiger partial charge in [0.05, 0.1) is 12.6 Å². The maximum absolute atomic E-state index is 5.86. The van der Waals surface area contributed by atoms with Gasteiger partial charge in [0.15, 0.2) is 0 Å². The highest BCUT2D eigenvalue weighted by atomic mass is 16.5. The number of ether oxygens (including phenoxy) is 1. The monoisotopic (exact) mass is 205 g/mol. The second kappa shape index (κ2) is 3.81. The number of methoxy groups -OCH3 is 1. The van der Waals surface area contributed by atoms with Crippen LogP contribution in [0.1, 0.15) is 13.3 Å².